The molecule has 0 unspecified atom stereocenters. The van der Waals surface area contributed by atoms with Crippen molar-refractivity contribution in [1.82, 2.24) is 10.2 Å². The van der Waals surface area contributed by atoms with Crippen LogP contribution in [-0.4, -0.2) is 43.3 Å². The molecule has 4 aromatic carbocycles. The number of hydrogen-bond acceptors (Lipinski definition) is 4. The highest BCUT2D eigenvalue weighted by atomic mass is 35.5. The predicted molar refractivity (Wildman–Crippen MR) is 176 cm³/mol. The summed E-state index contributed by atoms with van der Waals surface area (Å²) < 4.78 is 29.0. The number of benzene rings is 4. The van der Waals surface area contributed by atoms with E-state index in [1.165, 1.54) is 17.0 Å². The second-order valence-corrected chi connectivity index (χ2v) is 14.1. The average molecular weight is 653 g/mol. The van der Waals surface area contributed by atoms with Gasteiger partial charge in [0.15, 0.2) is 0 Å². The van der Waals surface area contributed by atoms with E-state index in [-0.39, 0.29) is 29.5 Å². The first-order valence-electron chi connectivity index (χ1n) is 14.1. The zero-order valence-electron chi connectivity index (χ0n) is 24.8. The standard InChI is InChI=1S/C34H35Cl2N3O4S/c1-34(2,3)37-33(41)31(22-25-10-6-4-7-11-25)38(23-26-14-16-27(35)17-15-26)32(40)24-39(29-20-18-28(36)19-21-29)44(42,43)30-12-8-5-9-13-30/h4-21,31H,22-24H2,1-3H3,(H,37,41)/t31-/m1/s1. The Kier molecular flexibility index (Phi) is 10.7. The molecule has 0 saturated carbocycles. The van der Waals surface area contributed by atoms with Crippen LogP contribution in [0.2, 0.25) is 10.0 Å². The van der Waals surface area contributed by atoms with E-state index in [1.54, 1.807) is 66.7 Å². The molecule has 0 saturated heterocycles. The van der Waals surface area contributed by atoms with Crippen LogP contribution < -0.4 is 9.62 Å². The maximum atomic E-state index is 14.4. The third kappa shape index (κ3) is 8.85. The lowest BCUT2D eigenvalue weighted by Gasteiger charge is -2.35. The Balaban J connectivity index is 1.80. The van der Waals surface area contributed by atoms with Crippen molar-refractivity contribution in [2.45, 2.75) is 50.2 Å². The van der Waals surface area contributed by atoms with Gasteiger partial charge in [-0.25, -0.2) is 8.42 Å². The number of carbonyl (C=O) groups excluding carboxylic acids is 2. The number of hydrogen-bond donors (Lipinski definition) is 1. The zero-order chi connectivity index (χ0) is 31.9. The lowest BCUT2D eigenvalue weighted by Crippen LogP contribution is -2.56. The molecular formula is C34H35Cl2N3O4S. The molecule has 0 aliphatic rings. The molecule has 4 rings (SSSR count). The first-order valence-corrected chi connectivity index (χ1v) is 16.3. The Morgan fingerprint density at radius 3 is 1.82 bits per heavy atom. The van der Waals surface area contributed by atoms with Gasteiger partial charge < -0.3 is 10.2 Å². The van der Waals surface area contributed by atoms with Crippen molar-refractivity contribution >= 4 is 50.7 Å². The van der Waals surface area contributed by atoms with Gasteiger partial charge in [0.25, 0.3) is 10.0 Å². The summed E-state index contributed by atoms with van der Waals surface area (Å²) in [7, 11) is -4.18. The van der Waals surface area contributed by atoms with Crippen molar-refractivity contribution < 1.29 is 18.0 Å². The number of nitrogens with zero attached hydrogens (tertiary/aromatic N) is 2. The largest absolute Gasteiger partial charge is 0.350 e. The number of amides is 2. The van der Waals surface area contributed by atoms with Gasteiger partial charge in [-0.1, -0.05) is 83.9 Å². The highest BCUT2D eigenvalue weighted by molar-refractivity contribution is 7.92. The molecule has 0 aromatic heterocycles. The van der Waals surface area contributed by atoms with Gasteiger partial charge in [-0.15, -0.1) is 0 Å². The van der Waals surface area contributed by atoms with Crippen LogP contribution in [0.5, 0.6) is 0 Å². The summed E-state index contributed by atoms with van der Waals surface area (Å²) in [4.78, 5) is 29.8. The van der Waals surface area contributed by atoms with Gasteiger partial charge in [0.2, 0.25) is 11.8 Å². The molecule has 7 nitrogen and oxygen atoms in total. The Hall–Kier alpha value is -3.85. The van der Waals surface area contributed by atoms with Crippen LogP contribution in [-0.2, 0) is 32.6 Å². The Bertz CT molecular complexity index is 1660. The lowest BCUT2D eigenvalue weighted by molar-refractivity contribution is -0.140. The minimum Gasteiger partial charge on any atom is -0.350 e. The molecule has 0 heterocycles. The monoisotopic (exact) mass is 651 g/mol. The fourth-order valence-electron chi connectivity index (χ4n) is 4.65. The summed E-state index contributed by atoms with van der Waals surface area (Å²) >= 11 is 12.2. The third-order valence-corrected chi connectivity index (χ3v) is 9.05. The van der Waals surface area contributed by atoms with Crippen molar-refractivity contribution in [2.75, 3.05) is 10.8 Å². The number of anilines is 1. The number of sulfonamides is 1. The highest BCUT2D eigenvalue weighted by Gasteiger charge is 2.35. The molecule has 0 radical (unpaired) electrons. The molecule has 4 aromatic rings. The van der Waals surface area contributed by atoms with Crippen molar-refractivity contribution in [1.29, 1.82) is 0 Å². The Morgan fingerprint density at radius 1 is 0.750 bits per heavy atom. The van der Waals surface area contributed by atoms with E-state index in [1.807, 2.05) is 51.1 Å². The molecule has 230 valence electrons. The molecule has 0 aliphatic carbocycles. The molecule has 0 aliphatic heterocycles. The first-order chi connectivity index (χ1) is 20.8. The summed E-state index contributed by atoms with van der Waals surface area (Å²) in [6, 6.07) is 29.6. The number of carbonyl (C=O) groups is 2. The predicted octanol–water partition coefficient (Wildman–Crippen LogP) is 6.74. The first kappa shape index (κ1) is 33.1. The summed E-state index contributed by atoms with van der Waals surface area (Å²) in [5.41, 5.74) is 1.26. The SMILES string of the molecule is CC(C)(C)NC(=O)[C@@H](Cc1ccccc1)N(Cc1ccc(Cl)cc1)C(=O)CN(c1ccc(Cl)cc1)S(=O)(=O)c1ccccc1. The molecule has 44 heavy (non-hydrogen) atoms. The minimum atomic E-state index is -4.18. The van der Waals surface area contributed by atoms with Crippen LogP contribution in [0.4, 0.5) is 5.69 Å². The van der Waals surface area contributed by atoms with Gasteiger partial charge in [-0.05, 0) is 80.4 Å². The topological polar surface area (TPSA) is 86.8 Å². The lowest BCUT2D eigenvalue weighted by atomic mass is 10.0. The Labute approximate surface area is 269 Å². The van der Waals surface area contributed by atoms with E-state index < -0.39 is 34.1 Å². The smallest absolute Gasteiger partial charge is 0.264 e. The summed E-state index contributed by atoms with van der Waals surface area (Å²) in [6.45, 7) is 5.09. The molecule has 0 fully saturated rings. The molecule has 10 heteroatoms. The van der Waals surface area contributed by atoms with Crippen molar-refractivity contribution in [3.05, 3.63) is 130 Å². The zero-order valence-corrected chi connectivity index (χ0v) is 27.1. The second kappa shape index (κ2) is 14.3. The van der Waals surface area contributed by atoms with E-state index in [4.69, 9.17) is 23.2 Å². The van der Waals surface area contributed by atoms with Gasteiger partial charge in [-0.3, -0.25) is 13.9 Å². The Morgan fingerprint density at radius 2 is 1.27 bits per heavy atom. The van der Waals surface area contributed by atoms with Gasteiger partial charge in [0.1, 0.15) is 12.6 Å². The maximum absolute atomic E-state index is 14.4. The van der Waals surface area contributed by atoms with E-state index in [0.717, 1.165) is 15.4 Å². The average Bonchev–Trinajstić information content (AvgIpc) is 2.99. The fraction of sp³-hybridized carbons (Fsp3) is 0.235. The summed E-state index contributed by atoms with van der Waals surface area (Å²) in [5.74, 6) is -0.910. The number of nitrogens with one attached hydrogen (secondary N) is 1. The molecule has 1 N–H and O–H groups in total. The van der Waals surface area contributed by atoms with Crippen LogP contribution in [0, 0.1) is 0 Å². The number of rotatable bonds is 11. The van der Waals surface area contributed by atoms with Crippen molar-refractivity contribution in [2.24, 2.45) is 0 Å². The van der Waals surface area contributed by atoms with Crippen LogP contribution in [0.3, 0.4) is 0 Å². The minimum absolute atomic E-state index is 0.0262. The number of halogens is 2. The highest BCUT2D eigenvalue weighted by Crippen LogP contribution is 2.26. The van der Waals surface area contributed by atoms with Crippen LogP contribution in [0.15, 0.2) is 114 Å². The molecular weight excluding hydrogens is 617 g/mol. The molecule has 2 amide bonds. The van der Waals surface area contributed by atoms with Crippen LogP contribution in [0.25, 0.3) is 0 Å². The van der Waals surface area contributed by atoms with E-state index in [2.05, 4.69) is 5.32 Å². The maximum Gasteiger partial charge on any atom is 0.264 e. The van der Waals surface area contributed by atoms with Crippen LogP contribution >= 0.6 is 23.2 Å². The fourth-order valence-corrected chi connectivity index (χ4v) is 6.34. The second-order valence-electron chi connectivity index (χ2n) is 11.4. The van der Waals surface area contributed by atoms with Crippen LogP contribution in [0.1, 0.15) is 31.9 Å². The summed E-state index contributed by atoms with van der Waals surface area (Å²) in [5, 5.41) is 3.96. The molecule has 0 bridgehead atoms. The van der Waals surface area contributed by atoms with Gasteiger partial charge in [-0.2, -0.15) is 0 Å². The summed E-state index contributed by atoms with van der Waals surface area (Å²) in [6.07, 6.45) is 0.217. The third-order valence-electron chi connectivity index (χ3n) is 6.76. The molecule has 0 spiro atoms. The van der Waals surface area contributed by atoms with E-state index in [9.17, 15) is 18.0 Å². The quantitative estimate of drug-likeness (QED) is 0.194. The molecule has 1 atom stereocenters. The van der Waals surface area contributed by atoms with Gasteiger partial charge in [0, 0.05) is 28.5 Å². The van der Waals surface area contributed by atoms with Gasteiger partial charge >= 0.3 is 0 Å². The normalized spacial score (nSPS) is 12.3. The van der Waals surface area contributed by atoms with Crippen molar-refractivity contribution in [3.8, 4) is 0 Å². The van der Waals surface area contributed by atoms with E-state index in [0.29, 0.717) is 10.0 Å². The van der Waals surface area contributed by atoms with Gasteiger partial charge in [0.05, 0.1) is 10.6 Å². The van der Waals surface area contributed by atoms with E-state index >= 15 is 0 Å². The van der Waals surface area contributed by atoms with Crippen molar-refractivity contribution in [3.63, 3.8) is 0 Å².